The van der Waals surface area contributed by atoms with Crippen LogP contribution in [-0.4, -0.2) is 18.3 Å². The highest BCUT2D eigenvalue weighted by atomic mass is 35.5. The van der Waals surface area contributed by atoms with Crippen LogP contribution in [0.15, 0.2) is 12.1 Å². The van der Waals surface area contributed by atoms with Crippen LogP contribution in [0, 0.1) is 0 Å². The molecule has 0 spiro atoms. The maximum atomic E-state index is 9.99. The molecule has 0 fully saturated rings. The molecule has 3 nitrogen and oxygen atoms in total. The summed E-state index contributed by atoms with van der Waals surface area (Å²) in [6, 6.07) is 3.53. The molecule has 1 aliphatic rings. The van der Waals surface area contributed by atoms with Crippen LogP contribution in [0.5, 0.6) is 11.5 Å². The lowest BCUT2D eigenvalue weighted by Crippen LogP contribution is -2.00. The van der Waals surface area contributed by atoms with Crippen molar-refractivity contribution in [1.29, 1.82) is 0 Å². The van der Waals surface area contributed by atoms with E-state index in [1.165, 1.54) is 0 Å². The number of aliphatic hydroxyl groups excluding tert-OH is 1. The zero-order chi connectivity index (χ0) is 12.3. The van der Waals surface area contributed by atoms with Crippen LogP contribution in [-0.2, 0) is 0 Å². The molecule has 4 heteroatoms. The molecule has 0 saturated carbocycles. The van der Waals surface area contributed by atoms with Gasteiger partial charge in [-0.3, -0.25) is 0 Å². The molecular weight excluding hydrogens is 240 g/mol. The Kier molecular flexibility index (Phi) is 4.13. The SMILES string of the molecule is CCCC(O)c1cc2c(cc1Cl)OCCCO2. The van der Waals surface area contributed by atoms with Gasteiger partial charge in [-0.25, -0.2) is 0 Å². The number of aliphatic hydroxyl groups is 1. The fourth-order valence-corrected chi connectivity index (χ4v) is 2.16. The van der Waals surface area contributed by atoms with Gasteiger partial charge in [-0.05, 0) is 12.5 Å². The van der Waals surface area contributed by atoms with Crippen molar-refractivity contribution in [1.82, 2.24) is 0 Å². The first-order valence-corrected chi connectivity index (χ1v) is 6.37. The van der Waals surface area contributed by atoms with E-state index in [0.717, 1.165) is 18.4 Å². The van der Waals surface area contributed by atoms with E-state index in [9.17, 15) is 5.11 Å². The molecule has 1 unspecified atom stereocenters. The summed E-state index contributed by atoms with van der Waals surface area (Å²) in [6.07, 6.45) is 1.93. The molecule has 2 rings (SSSR count). The summed E-state index contributed by atoms with van der Waals surface area (Å²) in [6.45, 7) is 3.30. The molecule has 1 heterocycles. The fraction of sp³-hybridized carbons (Fsp3) is 0.538. The minimum absolute atomic E-state index is 0.537. The maximum Gasteiger partial charge on any atom is 0.162 e. The van der Waals surface area contributed by atoms with Crippen LogP contribution >= 0.6 is 11.6 Å². The molecule has 0 aliphatic carbocycles. The van der Waals surface area contributed by atoms with Crippen molar-refractivity contribution in [3.63, 3.8) is 0 Å². The molecule has 0 radical (unpaired) electrons. The molecule has 17 heavy (non-hydrogen) atoms. The van der Waals surface area contributed by atoms with Gasteiger partial charge in [-0.1, -0.05) is 24.9 Å². The molecule has 0 aromatic heterocycles. The topological polar surface area (TPSA) is 38.7 Å². The fourth-order valence-electron chi connectivity index (χ4n) is 1.88. The van der Waals surface area contributed by atoms with E-state index in [4.69, 9.17) is 21.1 Å². The predicted molar refractivity (Wildman–Crippen MR) is 66.9 cm³/mol. The summed E-state index contributed by atoms with van der Waals surface area (Å²) in [5.74, 6) is 1.34. The van der Waals surface area contributed by atoms with Crippen LogP contribution in [0.25, 0.3) is 0 Å². The van der Waals surface area contributed by atoms with Crippen molar-refractivity contribution < 1.29 is 14.6 Å². The number of hydrogen-bond acceptors (Lipinski definition) is 3. The summed E-state index contributed by atoms with van der Waals surface area (Å²) in [5.41, 5.74) is 0.720. The minimum atomic E-state index is -0.537. The van der Waals surface area contributed by atoms with Crippen molar-refractivity contribution in [2.75, 3.05) is 13.2 Å². The number of rotatable bonds is 3. The van der Waals surface area contributed by atoms with Gasteiger partial charge in [0.2, 0.25) is 0 Å². The molecule has 0 amide bonds. The zero-order valence-electron chi connectivity index (χ0n) is 9.91. The number of hydrogen-bond donors (Lipinski definition) is 1. The Morgan fingerprint density at radius 1 is 1.29 bits per heavy atom. The van der Waals surface area contributed by atoms with Gasteiger partial charge >= 0.3 is 0 Å². The lowest BCUT2D eigenvalue weighted by atomic mass is 10.0. The summed E-state index contributed by atoms with van der Waals surface area (Å²) >= 11 is 6.15. The van der Waals surface area contributed by atoms with E-state index in [1.807, 2.05) is 6.92 Å². The molecule has 0 bridgehead atoms. The van der Waals surface area contributed by atoms with Gasteiger partial charge in [-0.2, -0.15) is 0 Å². The average molecular weight is 257 g/mol. The van der Waals surface area contributed by atoms with E-state index in [1.54, 1.807) is 12.1 Å². The largest absolute Gasteiger partial charge is 0.490 e. The van der Waals surface area contributed by atoms with Crippen molar-refractivity contribution in [3.05, 3.63) is 22.7 Å². The molecule has 94 valence electrons. The van der Waals surface area contributed by atoms with Gasteiger partial charge < -0.3 is 14.6 Å². The zero-order valence-corrected chi connectivity index (χ0v) is 10.7. The first kappa shape index (κ1) is 12.5. The Morgan fingerprint density at radius 2 is 1.94 bits per heavy atom. The van der Waals surface area contributed by atoms with Gasteiger partial charge in [0.15, 0.2) is 11.5 Å². The second-order valence-corrected chi connectivity index (χ2v) is 4.58. The third kappa shape index (κ3) is 2.85. The van der Waals surface area contributed by atoms with Crippen molar-refractivity contribution in [3.8, 4) is 11.5 Å². The first-order valence-electron chi connectivity index (χ1n) is 5.99. The summed E-state index contributed by atoms with van der Waals surface area (Å²) < 4.78 is 11.1. The van der Waals surface area contributed by atoms with Crippen LogP contribution in [0.1, 0.15) is 37.9 Å². The average Bonchev–Trinajstić information content (AvgIpc) is 2.52. The normalized spacial score (nSPS) is 16.4. The van der Waals surface area contributed by atoms with E-state index in [-0.39, 0.29) is 0 Å². The molecule has 1 aliphatic heterocycles. The standard InChI is InChI=1S/C13H17ClO3/c1-2-4-11(15)9-7-12-13(8-10(9)14)17-6-3-5-16-12/h7-8,11,15H,2-6H2,1H3. The molecule has 1 atom stereocenters. The Balaban J connectivity index is 2.31. The number of ether oxygens (including phenoxy) is 2. The van der Waals surface area contributed by atoms with Crippen molar-refractivity contribution >= 4 is 11.6 Å². The third-order valence-corrected chi connectivity index (χ3v) is 3.12. The molecule has 1 aromatic rings. The third-order valence-electron chi connectivity index (χ3n) is 2.79. The Morgan fingerprint density at radius 3 is 2.59 bits per heavy atom. The number of halogens is 1. The van der Waals surface area contributed by atoms with E-state index >= 15 is 0 Å². The van der Waals surface area contributed by atoms with Gasteiger partial charge in [0.1, 0.15) is 0 Å². The molecule has 0 saturated heterocycles. The van der Waals surface area contributed by atoms with E-state index < -0.39 is 6.10 Å². The van der Waals surface area contributed by atoms with Crippen LogP contribution in [0.3, 0.4) is 0 Å². The second kappa shape index (κ2) is 5.61. The monoisotopic (exact) mass is 256 g/mol. The highest BCUT2D eigenvalue weighted by Crippen LogP contribution is 2.38. The first-order chi connectivity index (χ1) is 8.22. The number of fused-ring (bicyclic) bond motifs is 1. The Hall–Kier alpha value is -0.930. The lowest BCUT2D eigenvalue weighted by molar-refractivity contribution is 0.166. The van der Waals surface area contributed by atoms with E-state index in [2.05, 4.69) is 0 Å². The van der Waals surface area contributed by atoms with E-state index in [0.29, 0.717) is 36.2 Å². The van der Waals surface area contributed by atoms with Crippen LogP contribution < -0.4 is 9.47 Å². The number of benzene rings is 1. The summed E-state index contributed by atoms with van der Waals surface area (Å²) in [7, 11) is 0. The van der Waals surface area contributed by atoms with Crippen molar-refractivity contribution in [2.45, 2.75) is 32.3 Å². The summed E-state index contributed by atoms with van der Waals surface area (Å²) in [4.78, 5) is 0. The van der Waals surface area contributed by atoms with Gasteiger partial charge in [-0.15, -0.1) is 0 Å². The van der Waals surface area contributed by atoms with Crippen LogP contribution in [0.2, 0.25) is 5.02 Å². The highest BCUT2D eigenvalue weighted by Gasteiger charge is 2.17. The second-order valence-electron chi connectivity index (χ2n) is 4.18. The Bertz CT molecular complexity index is 392. The van der Waals surface area contributed by atoms with Gasteiger partial charge in [0.25, 0.3) is 0 Å². The maximum absolute atomic E-state index is 9.99. The lowest BCUT2D eigenvalue weighted by Gasteiger charge is -2.15. The van der Waals surface area contributed by atoms with Crippen molar-refractivity contribution in [2.24, 2.45) is 0 Å². The Labute approximate surface area is 106 Å². The molecule has 1 aromatic carbocycles. The highest BCUT2D eigenvalue weighted by molar-refractivity contribution is 6.31. The minimum Gasteiger partial charge on any atom is -0.490 e. The smallest absolute Gasteiger partial charge is 0.162 e. The molecular formula is C13H17ClO3. The van der Waals surface area contributed by atoms with Crippen LogP contribution in [0.4, 0.5) is 0 Å². The van der Waals surface area contributed by atoms with Gasteiger partial charge in [0.05, 0.1) is 24.3 Å². The predicted octanol–water partition coefficient (Wildman–Crippen LogP) is 3.33. The summed E-state index contributed by atoms with van der Waals surface area (Å²) in [5, 5.41) is 10.5. The van der Waals surface area contributed by atoms with Gasteiger partial charge in [0, 0.05) is 18.1 Å². The molecule has 1 N–H and O–H groups in total. The quantitative estimate of drug-likeness (QED) is 0.902.